The van der Waals surface area contributed by atoms with Gasteiger partial charge < -0.3 is 4.90 Å². The highest BCUT2D eigenvalue weighted by molar-refractivity contribution is 5.94. The molecule has 2 heterocycles. The first-order valence-electron chi connectivity index (χ1n) is 7.41. The predicted octanol–water partition coefficient (Wildman–Crippen LogP) is 3.38. The van der Waals surface area contributed by atoms with Gasteiger partial charge in [-0.05, 0) is 43.2 Å². The van der Waals surface area contributed by atoms with E-state index in [9.17, 15) is 18.0 Å². The zero-order valence-electron chi connectivity index (χ0n) is 12.3. The first-order valence-corrected chi connectivity index (χ1v) is 7.41. The number of piperidine rings is 1. The second kappa shape index (κ2) is 6.06. The molecule has 1 aliphatic heterocycles. The summed E-state index contributed by atoms with van der Waals surface area (Å²) < 4.78 is 39.5. The maximum absolute atomic E-state index is 12.5. The highest BCUT2D eigenvalue weighted by atomic mass is 19.4. The molecule has 1 saturated heterocycles. The van der Waals surface area contributed by atoms with E-state index in [1.807, 2.05) is 16.9 Å². The third-order valence-corrected chi connectivity index (χ3v) is 4.11. The van der Waals surface area contributed by atoms with Crippen molar-refractivity contribution >= 4 is 5.91 Å². The van der Waals surface area contributed by atoms with Crippen LogP contribution in [0.5, 0.6) is 0 Å². The lowest BCUT2D eigenvalue weighted by Crippen LogP contribution is -2.39. The lowest BCUT2D eigenvalue weighted by molar-refractivity contribution is -0.137. The largest absolute Gasteiger partial charge is 0.416 e. The Morgan fingerprint density at radius 3 is 2.30 bits per heavy atom. The molecule has 1 aliphatic rings. The lowest BCUT2D eigenvalue weighted by Gasteiger charge is -2.32. The number of hydrogen-bond donors (Lipinski definition) is 0. The molecule has 1 amide bonds. The summed E-state index contributed by atoms with van der Waals surface area (Å²) in [5, 5.41) is 4.21. The van der Waals surface area contributed by atoms with E-state index in [1.165, 1.54) is 12.1 Å². The van der Waals surface area contributed by atoms with Crippen LogP contribution < -0.4 is 0 Å². The number of rotatable bonds is 2. The fraction of sp³-hybridized carbons (Fsp3) is 0.375. The average Bonchev–Trinajstić information content (AvgIpc) is 3.08. The van der Waals surface area contributed by atoms with Crippen molar-refractivity contribution in [2.45, 2.75) is 25.1 Å². The molecule has 0 saturated carbocycles. The molecule has 0 aliphatic carbocycles. The quantitative estimate of drug-likeness (QED) is 0.850. The summed E-state index contributed by atoms with van der Waals surface area (Å²) in [5.74, 6) is -0.224. The summed E-state index contributed by atoms with van der Waals surface area (Å²) in [5.41, 5.74) is -0.457. The minimum Gasteiger partial charge on any atom is -0.338 e. The summed E-state index contributed by atoms with van der Waals surface area (Å²) in [4.78, 5) is 14.1. The molecule has 0 N–H and O–H groups in total. The molecular weight excluding hydrogens is 307 g/mol. The number of nitrogens with zero attached hydrogens (tertiary/aromatic N) is 3. The van der Waals surface area contributed by atoms with Crippen LogP contribution in [-0.4, -0.2) is 33.7 Å². The standard InChI is InChI=1S/C16H16F3N3O/c17-16(18,19)13-4-2-12(3-5-13)15(23)21-10-6-14(7-11-21)22-9-1-8-20-22/h1-5,8-9,14H,6-7,10-11H2. The number of benzene rings is 1. The number of hydrogen-bond acceptors (Lipinski definition) is 2. The summed E-state index contributed by atoms with van der Waals surface area (Å²) in [6.07, 6.45) is 0.809. The van der Waals surface area contributed by atoms with Crippen LogP contribution in [0.25, 0.3) is 0 Å². The maximum Gasteiger partial charge on any atom is 0.416 e. The number of likely N-dealkylation sites (tertiary alicyclic amines) is 1. The predicted molar refractivity (Wildman–Crippen MR) is 77.8 cm³/mol. The molecule has 1 aromatic carbocycles. The van der Waals surface area contributed by atoms with Crippen LogP contribution in [0.4, 0.5) is 13.2 Å². The molecule has 3 rings (SSSR count). The molecule has 0 spiro atoms. The van der Waals surface area contributed by atoms with E-state index in [0.717, 1.165) is 25.0 Å². The van der Waals surface area contributed by atoms with Crippen molar-refractivity contribution in [2.75, 3.05) is 13.1 Å². The molecule has 1 fully saturated rings. The topological polar surface area (TPSA) is 38.1 Å². The normalized spacial score (nSPS) is 16.6. The maximum atomic E-state index is 12.5. The lowest BCUT2D eigenvalue weighted by atomic mass is 10.0. The number of carbonyl (C=O) groups is 1. The van der Waals surface area contributed by atoms with Gasteiger partial charge in [-0.25, -0.2) is 0 Å². The van der Waals surface area contributed by atoms with Crippen molar-refractivity contribution in [3.63, 3.8) is 0 Å². The number of amides is 1. The van der Waals surface area contributed by atoms with Gasteiger partial charge in [0.1, 0.15) is 0 Å². The van der Waals surface area contributed by atoms with Crippen molar-refractivity contribution in [1.82, 2.24) is 14.7 Å². The first-order chi connectivity index (χ1) is 10.9. The number of aromatic nitrogens is 2. The van der Waals surface area contributed by atoms with E-state index < -0.39 is 11.7 Å². The summed E-state index contributed by atoms with van der Waals surface area (Å²) in [7, 11) is 0. The summed E-state index contributed by atoms with van der Waals surface area (Å²) >= 11 is 0. The van der Waals surface area contributed by atoms with Gasteiger partial charge in [-0.15, -0.1) is 0 Å². The molecule has 4 nitrogen and oxygen atoms in total. The van der Waals surface area contributed by atoms with Crippen LogP contribution in [0.3, 0.4) is 0 Å². The molecule has 0 radical (unpaired) electrons. The zero-order valence-corrected chi connectivity index (χ0v) is 12.3. The first kappa shape index (κ1) is 15.6. The molecule has 1 aromatic heterocycles. The third-order valence-electron chi connectivity index (χ3n) is 4.11. The minimum absolute atomic E-state index is 0.224. The van der Waals surface area contributed by atoms with Crippen LogP contribution in [-0.2, 0) is 6.18 Å². The van der Waals surface area contributed by atoms with Gasteiger partial charge in [0.25, 0.3) is 5.91 Å². The molecule has 0 atom stereocenters. The van der Waals surface area contributed by atoms with Gasteiger partial charge in [-0.3, -0.25) is 9.48 Å². The van der Waals surface area contributed by atoms with E-state index in [0.29, 0.717) is 13.1 Å². The monoisotopic (exact) mass is 323 g/mol. The van der Waals surface area contributed by atoms with Crippen LogP contribution in [0, 0.1) is 0 Å². The number of halogens is 3. The van der Waals surface area contributed by atoms with Crippen molar-refractivity contribution in [3.8, 4) is 0 Å². The molecule has 0 unspecified atom stereocenters. The van der Waals surface area contributed by atoms with Gasteiger partial charge >= 0.3 is 6.18 Å². The van der Waals surface area contributed by atoms with Crippen molar-refractivity contribution in [3.05, 3.63) is 53.9 Å². The molecule has 7 heteroatoms. The number of carbonyl (C=O) groups excluding carboxylic acids is 1. The Balaban J connectivity index is 1.63. The fourth-order valence-electron chi connectivity index (χ4n) is 2.81. The Morgan fingerprint density at radius 1 is 1.13 bits per heavy atom. The molecule has 122 valence electrons. The molecule has 0 bridgehead atoms. The van der Waals surface area contributed by atoms with Crippen molar-refractivity contribution in [1.29, 1.82) is 0 Å². The molecular formula is C16H16F3N3O. The Morgan fingerprint density at radius 2 is 1.78 bits per heavy atom. The van der Waals surface area contributed by atoms with Crippen molar-refractivity contribution in [2.24, 2.45) is 0 Å². The third kappa shape index (κ3) is 3.38. The second-order valence-corrected chi connectivity index (χ2v) is 5.58. The minimum atomic E-state index is -4.39. The van der Waals surface area contributed by atoms with E-state index in [1.54, 1.807) is 11.1 Å². The summed E-state index contributed by atoms with van der Waals surface area (Å²) in [6, 6.07) is 6.50. The Kier molecular flexibility index (Phi) is 4.11. The molecule has 2 aromatic rings. The Hall–Kier alpha value is -2.31. The van der Waals surface area contributed by atoms with Gasteiger partial charge in [0.15, 0.2) is 0 Å². The fourth-order valence-corrected chi connectivity index (χ4v) is 2.81. The van der Waals surface area contributed by atoms with Crippen molar-refractivity contribution < 1.29 is 18.0 Å². The van der Waals surface area contributed by atoms with E-state index in [4.69, 9.17) is 0 Å². The Labute approximate surface area is 131 Å². The van der Waals surface area contributed by atoms with Gasteiger partial charge in [0, 0.05) is 31.0 Å². The van der Waals surface area contributed by atoms with E-state index >= 15 is 0 Å². The van der Waals surface area contributed by atoms with Crippen LogP contribution in [0.2, 0.25) is 0 Å². The van der Waals surface area contributed by atoms with Gasteiger partial charge in [-0.1, -0.05) is 0 Å². The van der Waals surface area contributed by atoms with Gasteiger partial charge in [0.05, 0.1) is 11.6 Å². The molecule has 23 heavy (non-hydrogen) atoms. The number of alkyl halides is 3. The van der Waals surface area contributed by atoms with Crippen LogP contribution in [0.1, 0.15) is 34.8 Å². The highest BCUT2D eigenvalue weighted by Gasteiger charge is 2.31. The van der Waals surface area contributed by atoms with E-state index in [2.05, 4.69) is 5.10 Å². The Bertz CT molecular complexity index is 657. The van der Waals surface area contributed by atoms with E-state index in [-0.39, 0.29) is 17.5 Å². The smallest absolute Gasteiger partial charge is 0.338 e. The SMILES string of the molecule is O=C(c1ccc(C(F)(F)F)cc1)N1CCC(n2cccn2)CC1. The van der Waals surface area contributed by atoms with Crippen LogP contribution in [0.15, 0.2) is 42.7 Å². The second-order valence-electron chi connectivity index (χ2n) is 5.58. The average molecular weight is 323 g/mol. The van der Waals surface area contributed by atoms with Gasteiger partial charge in [-0.2, -0.15) is 18.3 Å². The summed E-state index contributed by atoms with van der Waals surface area (Å²) in [6.45, 7) is 1.15. The zero-order chi connectivity index (χ0) is 16.4. The van der Waals surface area contributed by atoms with Crippen LogP contribution >= 0.6 is 0 Å². The highest BCUT2D eigenvalue weighted by Crippen LogP contribution is 2.29. The van der Waals surface area contributed by atoms with Gasteiger partial charge in [0.2, 0.25) is 0 Å².